The largest absolute Gasteiger partial charge is 0.350 e. The van der Waals surface area contributed by atoms with Crippen molar-refractivity contribution in [3.63, 3.8) is 0 Å². The third-order valence-electron chi connectivity index (χ3n) is 2.75. The molecule has 0 aromatic carbocycles. The molecule has 1 aliphatic carbocycles. The number of carbonyl (C=O) groups excluding carboxylic acids is 1. The van der Waals surface area contributed by atoms with Gasteiger partial charge in [-0.15, -0.1) is 0 Å². The van der Waals surface area contributed by atoms with Gasteiger partial charge < -0.3 is 5.32 Å². The molecule has 2 aliphatic rings. The molecule has 0 aromatic heterocycles. The van der Waals surface area contributed by atoms with Crippen molar-refractivity contribution in [2.45, 2.75) is 38.1 Å². The Kier molecular flexibility index (Phi) is 1.08. The first kappa shape index (κ1) is 6.20. The van der Waals surface area contributed by atoms with Gasteiger partial charge >= 0.3 is 0 Å². The smallest absolute Gasteiger partial charge is 0.223 e. The molecule has 0 radical (unpaired) electrons. The van der Waals surface area contributed by atoms with E-state index in [2.05, 4.69) is 5.32 Å². The number of amides is 1. The van der Waals surface area contributed by atoms with Gasteiger partial charge in [-0.2, -0.15) is 0 Å². The molecule has 1 N–H and O–H groups in total. The lowest BCUT2D eigenvalue weighted by Crippen LogP contribution is -2.44. The van der Waals surface area contributed by atoms with Gasteiger partial charge in [0.15, 0.2) is 0 Å². The van der Waals surface area contributed by atoms with Gasteiger partial charge in [0.1, 0.15) is 0 Å². The summed E-state index contributed by atoms with van der Waals surface area (Å²) in [7, 11) is 0. The minimum absolute atomic E-state index is 0.256. The summed E-state index contributed by atoms with van der Waals surface area (Å²) in [5, 5.41) is 3.08. The lowest BCUT2D eigenvalue weighted by Gasteiger charge is -2.26. The molecule has 1 saturated heterocycles. The molecule has 1 spiro atoms. The summed E-state index contributed by atoms with van der Waals surface area (Å²) in [6.45, 7) is 2.00. The molecule has 1 heterocycles. The van der Waals surface area contributed by atoms with Crippen LogP contribution in [0.1, 0.15) is 32.6 Å². The van der Waals surface area contributed by atoms with Crippen LogP contribution in [-0.2, 0) is 4.79 Å². The highest BCUT2D eigenvalue weighted by molar-refractivity contribution is 5.80. The standard InChI is InChI=1S/C8H13NO/c1-6-2-3-8(4-5-8)9-7(6)10/h6H,2-5H2,1H3,(H,9,10)/t6-/m1/s1. The predicted molar refractivity (Wildman–Crippen MR) is 38.5 cm³/mol. The highest BCUT2D eigenvalue weighted by Crippen LogP contribution is 2.43. The molecular weight excluding hydrogens is 126 g/mol. The van der Waals surface area contributed by atoms with Gasteiger partial charge in [-0.05, 0) is 25.7 Å². The van der Waals surface area contributed by atoms with Crippen molar-refractivity contribution >= 4 is 5.91 Å². The molecule has 10 heavy (non-hydrogen) atoms. The summed E-state index contributed by atoms with van der Waals surface area (Å²) in [5.41, 5.74) is 0.281. The molecule has 1 saturated carbocycles. The average molecular weight is 139 g/mol. The van der Waals surface area contributed by atoms with Crippen LogP contribution in [0.3, 0.4) is 0 Å². The summed E-state index contributed by atoms with van der Waals surface area (Å²) < 4.78 is 0. The minimum Gasteiger partial charge on any atom is -0.350 e. The van der Waals surface area contributed by atoms with E-state index in [4.69, 9.17) is 0 Å². The summed E-state index contributed by atoms with van der Waals surface area (Å²) >= 11 is 0. The van der Waals surface area contributed by atoms with Crippen molar-refractivity contribution < 1.29 is 4.79 Å². The molecule has 1 aliphatic heterocycles. The van der Waals surface area contributed by atoms with Crippen molar-refractivity contribution in [3.05, 3.63) is 0 Å². The van der Waals surface area contributed by atoms with Gasteiger partial charge in [-0.1, -0.05) is 6.92 Å². The van der Waals surface area contributed by atoms with Crippen LogP contribution < -0.4 is 5.32 Å². The molecule has 2 heteroatoms. The Morgan fingerprint density at radius 3 is 2.70 bits per heavy atom. The van der Waals surface area contributed by atoms with Crippen LogP contribution in [-0.4, -0.2) is 11.4 Å². The first-order valence-corrected chi connectivity index (χ1v) is 4.04. The normalized spacial score (nSPS) is 35.7. The third-order valence-corrected chi connectivity index (χ3v) is 2.75. The average Bonchev–Trinajstić information content (AvgIpc) is 2.62. The van der Waals surface area contributed by atoms with Crippen LogP contribution in [0.4, 0.5) is 0 Å². The highest BCUT2D eigenvalue weighted by atomic mass is 16.2. The van der Waals surface area contributed by atoms with Crippen molar-refractivity contribution in [1.29, 1.82) is 0 Å². The Morgan fingerprint density at radius 1 is 1.50 bits per heavy atom. The molecule has 0 aromatic rings. The van der Waals surface area contributed by atoms with Crippen LogP contribution in [0.2, 0.25) is 0 Å². The Hall–Kier alpha value is -0.530. The first-order valence-electron chi connectivity index (χ1n) is 4.04. The fourth-order valence-corrected chi connectivity index (χ4v) is 1.60. The molecule has 1 amide bonds. The molecule has 2 fully saturated rings. The van der Waals surface area contributed by atoms with Crippen molar-refractivity contribution in [1.82, 2.24) is 5.32 Å². The Balaban J connectivity index is 2.04. The molecule has 1 atom stereocenters. The van der Waals surface area contributed by atoms with Crippen LogP contribution in [0.5, 0.6) is 0 Å². The SMILES string of the molecule is C[C@@H]1CCC2(CC2)NC1=O. The predicted octanol–water partition coefficient (Wildman–Crippen LogP) is 1.07. The van der Waals surface area contributed by atoms with Gasteiger partial charge in [0, 0.05) is 11.5 Å². The van der Waals surface area contributed by atoms with Gasteiger partial charge in [0.2, 0.25) is 5.91 Å². The van der Waals surface area contributed by atoms with Gasteiger partial charge in [-0.3, -0.25) is 4.79 Å². The van der Waals surface area contributed by atoms with Crippen molar-refractivity contribution in [2.24, 2.45) is 5.92 Å². The van der Waals surface area contributed by atoms with E-state index in [-0.39, 0.29) is 17.4 Å². The third kappa shape index (κ3) is 0.825. The molecular formula is C8H13NO. The molecule has 0 unspecified atom stereocenters. The zero-order valence-corrected chi connectivity index (χ0v) is 6.31. The van der Waals surface area contributed by atoms with E-state index in [1.54, 1.807) is 0 Å². The summed E-state index contributed by atoms with van der Waals surface area (Å²) in [4.78, 5) is 11.1. The van der Waals surface area contributed by atoms with E-state index in [1.165, 1.54) is 19.3 Å². The monoisotopic (exact) mass is 139 g/mol. The second-order valence-corrected chi connectivity index (χ2v) is 3.71. The molecule has 0 bridgehead atoms. The fraction of sp³-hybridized carbons (Fsp3) is 0.875. The lowest BCUT2D eigenvalue weighted by molar-refractivity contribution is -0.127. The number of nitrogens with one attached hydrogen (secondary N) is 1. The topological polar surface area (TPSA) is 29.1 Å². The Morgan fingerprint density at radius 2 is 2.20 bits per heavy atom. The maximum absolute atomic E-state index is 11.1. The van der Waals surface area contributed by atoms with Crippen molar-refractivity contribution in [2.75, 3.05) is 0 Å². The molecule has 2 rings (SSSR count). The Labute approximate surface area is 61.0 Å². The zero-order valence-electron chi connectivity index (χ0n) is 6.31. The van der Waals surface area contributed by atoms with Gasteiger partial charge in [0.25, 0.3) is 0 Å². The van der Waals surface area contributed by atoms with E-state index in [1.807, 2.05) is 6.92 Å². The summed E-state index contributed by atoms with van der Waals surface area (Å²) in [6, 6.07) is 0. The van der Waals surface area contributed by atoms with Crippen LogP contribution in [0.15, 0.2) is 0 Å². The van der Waals surface area contributed by atoms with Crippen LogP contribution >= 0.6 is 0 Å². The maximum Gasteiger partial charge on any atom is 0.223 e. The number of piperidine rings is 1. The van der Waals surface area contributed by atoms with E-state index >= 15 is 0 Å². The molecule has 2 nitrogen and oxygen atoms in total. The first-order chi connectivity index (χ1) is 4.72. The number of rotatable bonds is 0. The lowest BCUT2D eigenvalue weighted by atomic mass is 9.94. The molecule has 56 valence electrons. The number of carbonyl (C=O) groups is 1. The maximum atomic E-state index is 11.1. The van der Waals surface area contributed by atoms with Gasteiger partial charge in [-0.25, -0.2) is 0 Å². The van der Waals surface area contributed by atoms with E-state index in [0.717, 1.165) is 6.42 Å². The second kappa shape index (κ2) is 1.74. The highest BCUT2D eigenvalue weighted by Gasteiger charge is 2.46. The van der Waals surface area contributed by atoms with Crippen LogP contribution in [0.25, 0.3) is 0 Å². The van der Waals surface area contributed by atoms with Gasteiger partial charge in [0.05, 0.1) is 0 Å². The van der Waals surface area contributed by atoms with E-state index in [0.29, 0.717) is 0 Å². The van der Waals surface area contributed by atoms with E-state index < -0.39 is 0 Å². The number of hydrogen-bond acceptors (Lipinski definition) is 1. The van der Waals surface area contributed by atoms with Crippen LogP contribution in [0, 0.1) is 5.92 Å². The Bertz CT molecular complexity index is 172. The second-order valence-electron chi connectivity index (χ2n) is 3.71. The van der Waals surface area contributed by atoms with E-state index in [9.17, 15) is 4.79 Å². The fourth-order valence-electron chi connectivity index (χ4n) is 1.60. The number of hydrogen-bond donors (Lipinski definition) is 1. The zero-order chi connectivity index (χ0) is 7.19. The summed E-state index contributed by atoms with van der Waals surface area (Å²) in [6.07, 6.45) is 4.72. The van der Waals surface area contributed by atoms with Crippen molar-refractivity contribution in [3.8, 4) is 0 Å². The summed E-state index contributed by atoms with van der Waals surface area (Å²) in [5.74, 6) is 0.523. The minimum atomic E-state index is 0.256. The quantitative estimate of drug-likeness (QED) is 0.534.